The summed E-state index contributed by atoms with van der Waals surface area (Å²) in [5, 5.41) is 12.1. The number of hydrogen-bond acceptors (Lipinski definition) is 7. The van der Waals surface area contributed by atoms with Gasteiger partial charge in [-0.05, 0) is 92.0 Å². The molecule has 0 atom stereocenters. The predicted molar refractivity (Wildman–Crippen MR) is 182 cm³/mol. The third-order valence-electron chi connectivity index (χ3n) is 8.40. The molecule has 1 aromatic heterocycles. The van der Waals surface area contributed by atoms with Gasteiger partial charge >= 0.3 is 0 Å². The van der Waals surface area contributed by atoms with E-state index in [1.807, 2.05) is 48.5 Å². The molecule has 0 radical (unpaired) electrons. The van der Waals surface area contributed by atoms with Crippen LogP contribution in [0.3, 0.4) is 0 Å². The Hall–Kier alpha value is -4.50. The van der Waals surface area contributed by atoms with Crippen LogP contribution >= 0.6 is 11.6 Å². The molecule has 1 N–H and O–H groups in total. The largest absolute Gasteiger partial charge is 0.497 e. The molecule has 2 heterocycles. The maximum absolute atomic E-state index is 12.9. The van der Waals surface area contributed by atoms with E-state index in [9.17, 15) is 19.1 Å². The number of carbonyl (C=O) groups excluding carboxylic acids is 1. The number of rotatable bonds is 9. The van der Waals surface area contributed by atoms with E-state index in [1.165, 1.54) is 30.3 Å². The van der Waals surface area contributed by atoms with Crippen molar-refractivity contribution in [1.82, 2.24) is 4.90 Å². The first-order valence-electron chi connectivity index (χ1n) is 15.4. The molecule has 0 unspecified atom stereocenters. The Labute approximate surface area is 278 Å². The number of ketones is 1. The van der Waals surface area contributed by atoms with Crippen molar-refractivity contribution in [1.29, 1.82) is 0 Å². The molecule has 244 valence electrons. The first kappa shape index (κ1) is 33.9. The molecule has 1 fully saturated rings. The third-order valence-corrected chi connectivity index (χ3v) is 8.65. The van der Waals surface area contributed by atoms with Gasteiger partial charge in [-0.2, -0.15) is 0 Å². The molecule has 47 heavy (non-hydrogen) atoms. The van der Waals surface area contributed by atoms with Gasteiger partial charge in [0.25, 0.3) is 0 Å². The summed E-state index contributed by atoms with van der Waals surface area (Å²) in [7, 11) is 3.17. The maximum Gasteiger partial charge on any atom is 0.193 e. The van der Waals surface area contributed by atoms with Gasteiger partial charge in [-0.25, -0.2) is 4.39 Å². The van der Waals surface area contributed by atoms with Gasteiger partial charge < -0.3 is 23.9 Å². The summed E-state index contributed by atoms with van der Waals surface area (Å²) in [6.45, 7) is 2.41. The van der Waals surface area contributed by atoms with Crippen LogP contribution in [0.4, 0.5) is 4.39 Å². The lowest BCUT2D eigenvalue weighted by Gasteiger charge is -2.38. The Kier molecular flexibility index (Phi) is 11.1. The summed E-state index contributed by atoms with van der Waals surface area (Å²) in [5.41, 5.74) is 1.87. The molecule has 1 saturated heterocycles. The van der Waals surface area contributed by atoms with Crippen LogP contribution in [0.15, 0.2) is 106 Å². The minimum Gasteiger partial charge on any atom is -0.497 e. The molecule has 0 bridgehead atoms. The zero-order valence-corrected chi connectivity index (χ0v) is 27.1. The van der Waals surface area contributed by atoms with Crippen LogP contribution in [0.5, 0.6) is 11.5 Å². The highest BCUT2D eigenvalue weighted by molar-refractivity contribution is 6.30. The molecule has 7 nitrogen and oxygen atoms in total. The van der Waals surface area contributed by atoms with Crippen molar-refractivity contribution in [2.75, 3.05) is 33.9 Å². The number of hydrogen-bond donors (Lipinski definition) is 1. The number of carbonyl (C=O) groups is 1. The van der Waals surface area contributed by atoms with Gasteiger partial charge in [0.1, 0.15) is 28.7 Å². The van der Waals surface area contributed by atoms with Crippen molar-refractivity contribution in [2.45, 2.75) is 31.3 Å². The van der Waals surface area contributed by atoms with E-state index in [4.69, 9.17) is 25.5 Å². The molecule has 1 aliphatic heterocycles. The monoisotopic (exact) mass is 657 g/mol. The average Bonchev–Trinajstić information content (AvgIpc) is 3.09. The van der Waals surface area contributed by atoms with Crippen LogP contribution in [0.25, 0.3) is 22.3 Å². The number of halogens is 2. The SMILES string of the molecule is COc1cccc(-c2cc(=O)c3ccc(OC)cc3o2)c1.O=C(CCCN1CCC(O)(c2ccc(Cl)cc2)CC1)c1ccc(F)cc1. The predicted octanol–water partition coefficient (Wildman–Crippen LogP) is 7.90. The van der Waals surface area contributed by atoms with Crippen molar-refractivity contribution in [2.24, 2.45) is 0 Å². The van der Waals surface area contributed by atoms with Crippen molar-refractivity contribution in [3.8, 4) is 22.8 Å². The van der Waals surface area contributed by atoms with E-state index >= 15 is 0 Å². The lowest BCUT2D eigenvalue weighted by Crippen LogP contribution is -2.42. The maximum atomic E-state index is 12.9. The van der Waals surface area contributed by atoms with Crippen LogP contribution in [-0.4, -0.2) is 49.6 Å². The standard InChI is InChI=1S/C21H23ClFNO2.C17H14O4/c22-18-7-5-17(6-8-18)21(26)11-14-24(15-12-21)13-1-2-20(25)16-3-9-19(23)10-4-16;1-19-12-5-3-4-11(8-12)16-10-15(18)14-7-6-13(20-2)9-17(14)21-16/h3-10,26H,1-2,11-15H2;3-10H,1-2H3. The van der Waals surface area contributed by atoms with E-state index in [1.54, 1.807) is 32.4 Å². The van der Waals surface area contributed by atoms with Crippen LogP contribution in [0.1, 0.15) is 41.6 Å². The molecule has 4 aromatic carbocycles. The van der Waals surface area contributed by atoms with E-state index in [0.717, 1.165) is 37.2 Å². The second-order valence-corrected chi connectivity index (χ2v) is 11.9. The summed E-state index contributed by atoms with van der Waals surface area (Å²) in [4.78, 5) is 26.6. The van der Waals surface area contributed by atoms with Gasteiger partial charge in [0.2, 0.25) is 0 Å². The van der Waals surface area contributed by atoms with E-state index < -0.39 is 5.60 Å². The highest BCUT2D eigenvalue weighted by Crippen LogP contribution is 2.33. The van der Waals surface area contributed by atoms with Gasteiger partial charge in [-0.15, -0.1) is 0 Å². The normalized spacial score (nSPS) is 14.2. The van der Waals surface area contributed by atoms with Gasteiger partial charge in [-0.3, -0.25) is 9.59 Å². The number of likely N-dealkylation sites (tertiary alicyclic amines) is 1. The first-order chi connectivity index (χ1) is 22.7. The molecule has 0 spiro atoms. The van der Waals surface area contributed by atoms with Crippen LogP contribution < -0.4 is 14.9 Å². The topological polar surface area (TPSA) is 89.2 Å². The number of Topliss-reactive ketones (excluding diaryl/α,β-unsaturated/α-hetero) is 1. The van der Waals surface area contributed by atoms with E-state index in [0.29, 0.717) is 58.1 Å². The summed E-state index contributed by atoms with van der Waals surface area (Å²) in [6, 6.07) is 27.1. The van der Waals surface area contributed by atoms with Gasteiger partial charge in [0.15, 0.2) is 11.2 Å². The number of nitrogens with zero attached hydrogens (tertiary/aromatic N) is 1. The van der Waals surface area contributed by atoms with Gasteiger partial charge in [0, 0.05) is 47.8 Å². The Morgan fingerprint density at radius 2 is 1.60 bits per heavy atom. The fourth-order valence-corrected chi connectivity index (χ4v) is 5.75. The molecule has 5 aromatic rings. The Morgan fingerprint density at radius 3 is 2.28 bits per heavy atom. The fraction of sp³-hybridized carbons (Fsp3) is 0.263. The molecular formula is C38H37ClFNO6. The Bertz CT molecular complexity index is 1870. The van der Waals surface area contributed by atoms with Crippen LogP contribution in [0, 0.1) is 5.82 Å². The fourth-order valence-electron chi connectivity index (χ4n) is 5.62. The molecule has 0 amide bonds. The number of aliphatic hydroxyl groups is 1. The molecule has 6 rings (SSSR count). The third kappa shape index (κ3) is 8.65. The highest BCUT2D eigenvalue weighted by atomic mass is 35.5. The smallest absolute Gasteiger partial charge is 0.193 e. The summed E-state index contributed by atoms with van der Waals surface area (Å²) in [5.74, 6) is 1.57. The molecule has 0 aliphatic carbocycles. The molecule has 9 heteroatoms. The Balaban J connectivity index is 0.000000189. The van der Waals surface area contributed by atoms with Gasteiger partial charge in [0.05, 0.1) is 25.2 Å². The average molecular weight is 658 g/mol. The lowest BCUT2D eigenvalue weighted by atomic mass is 9.84. The number of methoxy groups -OCH3 is 2. The lowest BCUT2D eigenvalue weighted by molar-refractivity contribution is -0.0260. The number of fused-ring (bicyclic) bond motifs is 1. The summed E-state index contributed by atoms with van der Waals surface area (Å²) >= 11 is 5.92. The zero-order chi connectivity index (χ0) is 33.4. The Morgan fingerprint density at radius 1 is 0.915 bits per heavy atom. The van der Waals surface area contributed by atoms with Crippen LogP contribution in [0.2, 0.25) is 5.02 Å². The van der Waals surface area contributed by atoms with Gasteiger partial charge in [-0.1, -0.05) is 35.9 Å². The molecule has 1 aliphatic rings. The summed E-state index contributed by atoms with van der Waals surface area (Å²) < 4.78 is 29.1. The van der Waals surface area contributed by atoms with E-state index in [2.05, 4.69) is 4.90 Å². The van der Waals surface area contributed by atoms with Crippen molar-refractivity contribution in [3.63, 3.8) is 0 Å². The van der Waals surface area contributed by atoms with Crippen molar-refractivity contribution >= 4 is 28.4 Å². The number of benzene rings is 4. The molecule has 0 saturated carbocycles. The summed E-state index contributed by atoms with van der Waals surface area (Å²) in [6.07, 6.45) is 2.54. The highest BCUT2D eigenvalue weighted by Gasteiger charge is 2.33. The zero-order valence-electron chi connectivity index (χ0n) is 26.4. The second-order valence-electron chi connectivity index (χ2n) is 11.5. The quantitative estimate of drug-likeness (QED) is 0.161. The minimum absolute atomic E-state index is 0.0414. The van der Waals surface area contributed by atoms with Crippen molar-refractivity contribution in [3.05, 3.63) is 129 Å². The minimum atomic E-state index is -0.801. The van der Waals surface area contributed by atoms with Crippen molar-refractivity contribution < 1.29 is 28.2 Å². The number of ether oxygens (including phenoxy) is 2. The first-order valence-corrected chi connectivity index (χ1v) is 15.8. The van der Waals surface area contributed by atoms with Crippen LogP contribution in [-0.2, 0) is 5.60 Å². The van der Waals surface area contributed by atoms with E-state index in [-0.39, 0.29) is 17.0 Å². The number of piperidine rings is 1. The molecular weight excluding hydrogens is 621 g/mol. The second kappa shape index (κ2) is 15.4.